The minimum absolute atomic E-state index is 0.0275. The summed E-state index contributed by atoms with van der Waals surface area (Å²) in [4.78, 5) is 24.4. The van der Waals surface area contributed by atoms with Crippen LogP contribution in [0.25, 0.3) is 0 Å². The van der Waals surface area contributed by atoms with Gasteiger partial charge in [0.05, 0.1) is 14.2 Å². The largest absolute Gasteiger partial charge is 0.468 e. The number of ether oxygens (including phenoxy) is 2. The van der Waals surface area contributed by atoms with E-state index in [2.05, 4.69) is 0 Å². The highest BCUT2D eigenvalue weighted by atomic mass is 16.5. The van der Waals surface area contributed by atoms with E-state index in [-0.39, 0.29) is 18.4 Å². The Balaban J connectivity index is 2.39. The van der Waals surface area contributed by atoms with Gasteiger partial charge >= 0.3 is 11.9 Å². The third-order valence-corrected chi connectivity index (χ3v) is 4.63. The number of methoxy groups -OCH3 is 2. The molecule has 2 aliphatic carbocycles. The highest BCUT2D eigenvalue weighted by molar-refractivity contribution is 6.01. The summed E-state index contributed by atoms with van der Waals surface area (Å²) < 4.78 is 9.70. The number of carbonyl (C=O) groups excluding carboxylic acids is 2. The zero-order valence-electron chi connectivity index (χ0n) is 12.7. The van der Waals surface area contributed by atoms with Crippen molar-refractivity contribution in [3.05, 3.63) is 23.3 Å². The van der Waals surface area contributed by atoms with Crippen LogP contribution in [0.5, 0.6) is 0 Å². The monoisotopic (exact) mass is 294 g/mol. The molecule has 0 bridgehead atoms. The van der Waals surface area contributed by atoms with Crippen LogP contribution in [-0.4, -0.2) is 37.9 Å². The Morgan fingerprint density at radius 2 is 1.90 bits per heavy atom. The van der Waals surface area contributed by atoms with Crippen LogP contribution in [0.4, 0.5) is 0 Å². The average molecular weight is 294 g/mol. The Hall–Kier alpha value is -1.62. The van der Waals surface area contributed by atoms with Gasteiger partial charge in [0.1, 0.15) is 0 Å². The van der Waals surface area contributed by atoms with Crippen molar-refractivity contribution in [2.45, 2.75) is 26.2 Å². The van der Waals surface area contributed by atoms with Crippen LogP contribution >= 0.6 is 0 Å². The molecule has 0 aliphatic heterocycles. The summed E-state index contributed by atoms with van der Waals surface area (Å²) in [7, 11) is 2.58. The number of hydrogen-bond acceptors (Lipinski definition) is 5. The third kappa shape index (κ3) is 2.62. The molecule has 5 nitrogen and oxygen atoms in total. The van der Waals surface area contributed by atoms with Gasteiger partial charge in [-0.1, -0.05) is 23.3 Å². The van der Waals surface area contributed by atoms with Gasteiger partial charge in [0.25, 0.3) is 0 Å². The van der Waals surface area contributed by atoms with Crippen LogP contribution in [0.15, 0.2) is 23.3 Å². The van der Waals surface area contributed by atoms with E-state index in [9.17, 15) is 14.7 Å². The van der Waals surface area contributed by atoms with Crippen LogP contribution in [0, 0.1) is 17.3 Å². The Bertz CT molecular complexity index is 487. The van der Waals surface area contributed by atoms with Gasteiger partial charge in [-0.05, 0) is 32.1 Å². The Morgan fingerprint density at radius 3 is 2.43 bits per heavy atom. The van der Waals surface area contributed by atoms with E-state index in [1.807, 2.05) is 19.1 Å². The minimum Gasteiger partial charge on any atom is -0.468 e. The Labute approximate surface area is 124 Å². The first-order valence-corrected chi connectivity index (χ1v) is 7.13. The molecule has 0 unspecified atom stereocenters. The standard InChI is InChI=1S/C16H22O5/c1-10-6-11(9-17)4-5-12-7-16(8-13(10)12,14(18)20-2)15(19)21-3/h4-5,11-12,17H,6-9H2,1-3H3/t11-,12-/m1/s1. The van der Waals surface area contributed by atoms with Crippen LogP contribution < -0.4 is 0 Å². The Morgan fingerprint density at radius 1 is 1.29 bits per heavy atom. The number of aliphatic hydroxyl groups is 1. The fraction of sp³-hybridized carbons (Fsp3) is 0.625. The van der Waals surface area contributed by atoms with Crippen molar-refractivity contribution >= 4 is 11.9 Å². The van der Waals surface area contributed by atoms with Gasteiger partial charge in [-0.15, -0.1) is 0 Å². The van der Waals surface area contributed by atoms with Gasteiger partial charge in [-0.25, -0.2) is 0 Å². The number of rotatable bonds is 3. The topological polar surface area (TPSA) is 72.8 Å². The quantitative estimate of drug-likeness (QED) is 0.486. The van der Waals surface area contributed by atoms with Gasteiger partial charge < -0.3 is 14.6 Å². The molecule has 1 N–H and O–H groups in total. The summed E-state index contributed by atoms with van der Waals surface area (Å²) in [6, 6.07) is 0. The summed E-state index contributed by atoms with van der Waals surface area (Å²) in [6.07, 6.45) is 5.43. The van der Waals surface area contributed by atoms with Gasteiger partial charge in [-0.2, -0.15) is 0 Å². The summed E-state index contributed by atoms with van der Waals surface area (Å²) in [5.41, 5.74) is 0.998. The van der Waals surface area contributed by atoms with E-state index < -0.39 is 17.4 Å². The summed E-state index contributed by atoms with van der Waals surface area (Å²) in [6.45, 7) is 2.11. The van der Waals surface area contributed by atoms with Gasteiger partial charge in [0.15, 0.2) is 5.41 Å². The number of hydrogen-bond donors (Lipinski definition) is 1. The molecule has 0 heterocycles. The van der Waals surface area contributed by atoms with Crippen molar-refractivity contribution in [1.29, 1.82) is 0 Å². The second kappa shape index (κ2) is 6.02. The predicted molar refractivity (Wildman–Crippen MR) is 76.2 cm³/mol. The van der Waals surface area contributed by atoms with Crippen molar-refractivity contribution in [2.75, 3.05) is 20.8 Å². The lowest BCUT2D eigenvalue weighted by atomic mass is 9.84. The lowest BCUT2D eigenvalue weighted by Crippen LogP contribution is -2.39. The molecule has 1 saturated carbocycles. The molecule has 2 aliphatic rings. The summed E-state index contributed by atoms with van der Waals surface area (Å²) in [5, 5.41) is 9.33. The lowest BCUT2D eigenvalue weighted by Gasteiger charge is -2.22. The summed E-state index contributed by atoms with van der Waals surface area (Å²) >= 11 is 0. The number of fused-ring (bicyclic) bond motifs is 1. The highest BCUT2D eigenvalue weighted by Crippen LogP contribution is 2.50. The van der Waals surface area contributed by atoms with Crippen LogP contribution in [-0.2, 0) is 19.1 Å². The van der Waals surface area contributed by atoms with Gasteiger partial charge in [0.2, 0.25) is 0 Å². The molecule has 0 aromatic heterocycles. The maximum atomic E-state index is 12.2. The molecule has 2 atom stereocenters. The Kier molecular flexibility index (Phi) is 4.52. The smallest absolute Gasteiger partial charge is 0.323 e. The molecule has 5 heteroatoms. The van der Waals surface area contributed by atoms with Crippen molar-refractivity contribution in [3.8, 4) is 0 Å². The van der Waals surface area contributed by atoms with Crippen molar-refractivity contribution < 1.29 is 24.2 Å². The molecule has 0 saturated heterocycles. The van der Waals surface area contributed by atoms with Crippen LogP contribution in [0.2, 0.25) is 0 Å². The maximum absolute atomic E-state index is 12.2. The van der Waals surface area contributed by atoms with Gasteiger partial charge in [-0.3, -0.25) is 9.59 Å². The van der Waals surface area contributed by atoms with E-state index in [4.69, 9.17) is 9.47 Å². The van der Waals surface area contributed by atoms with E-state index in [1.165, 1.54) is 14.2 Å². The molecule has 0 radical (unpaired) electrons. The van der Waals surface area contributed by atoms with Crippen LogP contribution in [0.1, 0.15) is 26.2 Å². The zero-order valence-corrected chi connectivity index (χ0v) is 12.7. The number of carbonyl (C=O) groups is 2. The predicted octanol–water partition coefficient (Wildman–Crippen LogP) is 1.61. The molecule has 21 heavy (non-hydrogen) atoms. The van der Waals surface area contributed by atoms with Gasteiger partial charge in [0, 0.05) is 12.5 Å². The first-order chi connectivity index (χ1) is 9.98. The normalized spacial score (nSPS) is 27.0. The van der Waals surface area contributed by atoms with Crippen molar-refractivity contribution in [1.82, 2.24) is 0 Å². The molecular weight excluding hydrogens is 272 g/mol. The second-order valence-electron chi connectivity index (χ2n) is 5.89. The highest BCUT2D eigenvalue weighted by Gasteiger charge is 2.55. The van der Waals surface area contributed by atoms with Crippen molar-refractivity contribution in [3.63, 3.8) is 0 Å². The SMILES string of the molecule is COC(=O)C1(C(=O)OC)CC2=C(C)C[C@H](CO)C=C[C@@H]2C1. The van der Waals surface area contributed by atoms with E-state index in [0.29, 0.717) is 12.8 Å². The average Bonchev–Trinajstić information content (AvgIpc) is 2.84. The molecular formula is C16H22O5. The molecule has 0 amide bonds. The maximum Gasteiger partial charge on any atom is 0.323 e. The zero-order chi connectivity index (χ0) is 15.6. The molecule has 1 fully saturated rings. The second-order valence-corrected chi connectivity index (χ2v) is 5.89. The van der Waals surface area contributed by atoms with E-state index in [1.54, 1.807) is 0 Å². The molecule has 0 spiro atoms. The minimum atomic E-state index is -1.23. The number of esters is 2. The summed E-state index contributed by atoms with van der Waals surface area (Å²) in [5.74, 6) is -0.932. The molecule has 2 rings (SSSR count). The number of allylic oxidation sites excluding steroid dienone is 3. The van der Waals surface area contributed by atoms with Crippen LogP contribution in [0.3, 0.4) is 0 Å². The molecule has 116 valence electrons. The fourth-order valence-electron chi connectivity index (χ4n) is 3.47. The molecule has 0 aromatic rings. The lowest BCUT2D eigenvalue weighted by molar-refractivity contribution is -0.168. The molecule has 0 aromatic carbocycles. The van der Waals surface area contributed by atoms with E-state index >= 15 is 0 Å². The van der Waals surface area contributed by atoms with E-state index in [0.717, 1.165) is 17.6 Å². The van der Waals surface area contributed by atoms with Crippen molar-refractivity contribution in [2.24, 2.45) is 17.3 Å². The first-order valence-electron chi connectivity index (χ1n) is 7.13. The number of aliphatic hydroxyl groups excluding tert-OH is 1. The third-order valence-electron chi connectivity index (χ3n) is 4.63. The fourth-order valence-corrected chi connectivity index (χ4v) is 3.47. The first kappa shape index (κ1) is 15.8.